The number of hydrogen-bond acceptors (Lipinski definition) is 5. The summed E-state index contributed by atoms with van der Waals surface area (Å²) >= 11 is 0. The molecule has 0 aliphatic rings. The fourth-order valence-corrected chi connectivity index (χ4v) is 3.12. The lowest BCUT2D eigenvalue weighted by Crippen LogP contribution is -2.13. The van der Waals surface area contributed by atoms with Crippen molar-refractivity contribution in [2.45, 2.75) is 6.54 Å². The van der Waals surface area contributed by atoms with Crippen LogP contribution in [-0.2, 0) is 6.54 Å². The maximum atomic E-state index is 14.3. The van der Waals surface area contributed by atoms with Crippen LogP contribution in [0, 0.1) is 18.0 Å². The average molecular weight is 408 g/mol. The number of pyridine rings is 1. The number of carbonyl (C=O) groups is 1. The molecule has 0 fully saturated rings. The van der Waals surface area contributed by atoms with Gasteiger partial charge in [-0.15, -0.1) is 5.10 Å². The molecule has 0 unspecified atom stereocenters. The molecule has 151 valence electrons. The van der Waals surface area contributed by atoms with Crippen molar-refractivity contribution in [1.82, 2.24) is 14.6 Å². The lowest BCUT2D eigenvalue weighted by Gasteiger charge is -2.12. The highest BCUT2D eigenvalue weighted by atomic mass is 19.1. The van der Waals surface area contributed by atoms with Crippen molar-refractivity contribution in [2.75, 3.05) is 12.4 Å². The van der Waals surface area contributed by atoms with E-state index in [1.54, 1.807) is 12.1 Å². The molecule has 4 rings (SSSR count). The summed E-state index contributed by atoms with van der Waals surface area (Å²) in [5, 5.41) is 6.98. The monoisotopic (exact) mass is 408 g/mol. The molecule has 0 atom stereocenters. The molecule has 4 aromatic rings. The molecule has 3 N–H and O–H groups in total. The number of anilines is 1. The Morgan fingerprint density at radius 1 is 1.17 bits per heavy atom. The van der Waals surface area contributed by atoms with E-state index in [9.17, 15) is 13.6 Å². The Labute approximate surface area is 170 Å². The van der Waals surface area contributed by atoms with Gasteiger partial charge >= 0.3 is 0 Å². The third kappa shape index (κ3) is 3.41. The first kappa shape index (κ1) is 19.3. The van der Waals surface area contributed by atoms with Gasteiger partial charge in [-0.2, -0.15) is 0 Å². The number of primary amides is 1. The van der Waals surface area contributed by atoms with Crippen LogP contribution in [0.2, 0.25) is 0 Å². The molecular formula is C21H16F2N5O2. The number of methoxy groups -OCH3 is 1. The average Bonchev–Trinajstić information content (AvgIpc) is 3.23. The number of aromatic nitrogens is 3. The van der Waals surface area contributed by atoms with Crippen LogP contribution in [-0.4, -0.2) is 27.6 Å². The summed E-state index contributed by atoms with van der Waals surface area (Å²) < 4.78 is 34.0. The molecule has 0 bridgehead atoms. The zero-order chi connectivity index (χ0) is 21.3. The van der Waals surface area contributed by atoms with Gasteiger partial charge in [-0.3, -0.25) is 4.79 Å². The quantitative estimate of drug-likeness (QED) is 0.511. The van der Waals surface area contributed by atoms with Gasteiger partial charge in [-0.05, 0) is 29.8 Å². The highest BCUT2D eigenvalue weighted by Gasteiger charge is 2.15. The van der Waals surface area contributed by atoms with E-state index in [-0.39, 0.29) is 11.3 Å². The summed E-state index contributed by atoms with van der Waals surface area (Å²) in [7, 11) is 1.21. The van der Waals surface area contributed by atoms with Crippen LogP contribution in [0.15, 0.2) is 48.5 Å². The number of amides is 1. The number of nitrogens with two attached hydrogens (primary N) is 1. The predicted octanol–water partition coefficient (Wildman–Crippen LogP) is 3.19. The number of nitrogens with one attached hydrogen (secondary N) is 1. The molecule has 0 aliphatic carbocycles. The molecule has 0 saturated heterocycles. The van der Waals surface area contributed by atoms with Crippen LogP contribution in [0.25, 0.3) is 16.9 Å². The van der Waals surface area contributed by atoms with E-state index in [1.165, 1.54) is 17.7 Å². The maximum absolute atomic E-state index is 14.3. The molecule has 0 saturated carbocycles. The molecule has 0 aliphatic heterocycles. The maximum Gasteiger partial charge on any atom is 0.252 e. The summed E-state index contributed by atoms with van der Waals surface area (Å²) in [6.45, 7) is 0.319. The zero-order valence-electron chi connectivity index (χ0n) is 15.8. The number of hydrogen-bond donors (Lipinski definition) is 2. The SMILES string of the molecule is COc1c(F)ccc(NCc2ccc(-c3ccc(C(N)=O)c4n[c]nn34)cc2)c1F. The van der Waals surface area contributed by atoms with Crippen molar-refractivity contribution in [3.63, 3.8) is 0 Å². The topological polar surface area (TPSA) is 94.5 Å². The van der Waals surface area contributed by atoms with Crippen molar-refractivity contribution < 1.29 is 18.3 Å². The summed E-state index contributed by atoms with van der Waals surface area (Å²) in [5.74, 6) is -2.57. The van der Waals surface area contributed by atoms with Gasteiger partial charge in [0.2, 0.25) is 6.33 Å². The molecule has 1 amide bonds. The van der Waals surface area contributed by atoms with Gasteiger partial charge in [-0.1, -0.05) is 24.3 Å². The van der Waals surface area contributed by atoms with Gasteiger partial charge in [0, 0.05) is 12.1 Å². The third-order valence-electron chi connectivity index (χ3n) is 4.63. The Hall–Kier alpha value is -4.01. The van der Waals surface area contributed by atoms with E-state index < -0.39 is 23.3 Å². The minimum Gasteiger partial charge on any atom is -0.491 e. The van der Waals surface area contributed by atoms with Crippen molar-refractivity contribution in [3.05, 3.63) is 77.6 Å². The van der Waals surface area contributed by atoms with Gasteiger partial charge in [-0.25, -0.2) is 18.3 Å². The second-order valence-corrected chi connectivity index (χ2v) is 6.44. The standard InChI is InChI=1S/C21H16F2N5O2/c1-30-19-15(22)7-8-16(18(19)23)25-10-12-2-4-13(5-3-12)17-9-6-14(20(24)29)21-26-11-27-28(17)21/h2-9,25H,10H2,1H3,(H2,24,29). The molecule has 2 heterocycles. The molecule has 1 radical (unpaired) electrons. The summed E-state index contributed by atoms with van der Waals surface area (Å²) in [5.41, 5.74) is 8.49. The van der Waals surface area contributed by atoms with Gasteiger partial charge < -0.3 is 15.8 Å². The Morgan fingerprint density at radius 3 is 2.63 bits per heavy atom. The molecule has 9 heteroatoms. The molecule has 30 heavy (non-hydrogen) atoms. The van der Waals surface area contributed by atoms with Gasteiger partial charge in [0.15, 0.2) is 23.0 Å². The number of rotatable bonds is 6. The fourth-order valence-electron chi connectivity index (χ4n) is 3.12. The smallest absolute Gasteiger partial charge is 0.252 e. The lowest BCUT2D eigenvalue weighted by molar-refractivity contribution is 0.100. The van der Waals surface area contributed by atoms with Crippen molar-refractivity contribution in [3.8, 4) is 17.0 Å². The molecule has 0 spiro atoms. The van der Waals surface area contributed by atoms with Crippen LogP contribution < -0.4 is 15.8 Å². The highest BCUT2D eigenvalue weighted by molar-refractivity contribution is 5.99. The Kier molecular flexibility index (Phi) is 5.01. The van der Waals surface area contributed by atoms with Crippen LogP contribution in [0.1, 0.15) is 15.9 Å². The molecule has 2 aromatic heterocycles. The Morgan fingerprint density at radius 2 is 1.93 bits per heavy atom. The normalized spacial score (nSPS) is 10.9. The minimum absolute atomic E-state index is 0.138. The van der Waals surface area contributed by atoms with Crippen molar-refractivity contribution >= 4 is 17.2 Å². The molecular weight excluding hydrogens is 392 g/mol. The fraction of sp³-hybridized carbons (Fsp3) is 0.0952. The zero-order valence-corrected chi connectivity index (χ0v) is 15.8. The van der Waals surface area contributed by atoms with Gasteiger partial charge in [0.1, 0.15) is 0 Å². The number of halogens is 2. The highest BCUT2D eigenvalue weighted by Crippen LogP contribution is 2.28. The van der Waals surface area contributed by atoms with Crippen molar-refractivity contribution in [2.24, 2.45) is 5.73 Å². The number of ether oxygens (including phenoxy) is 1. The second-order valence-electron chi connectivity index (χ2n) is 6.44. The Bertz CT molecular complexity index is 1240. The van der Waals surface area contributed by atoms with Crippen LogP contribution in [0.5, 0.6) is 5.75 Å². The van der Waals surface area contributed by atoms with E-state index in [2.05, 4.69) is 21.7 Å². The Balaban J connectivity index is 1.56. The lowest BCUT2D eigenvalue weighted by atomic mass is 10.1. The van der Waals surface area contributed by atoms with E-state index in [0.29, 0.717) is 17.9 Å². The summed E-state index contributed by atoms with van der Waals surface area (Å²) in [6.07, 6.45) is 2.48. The third-order valence-corrected chi connectivity index (χ3v) is 4.63. The number of carbonyl (C=O) groups excluding carboxylic acids is 1. The number of benzene rings is 2. The molecule has 2 aromatic carbocycles. The van der Waals surface area contributed by atoms with E-state index >= 15 is 0 Å². The van der Waals surface area contributed by atoms with Gasteiger partial charge in [0.25, 0.3) is 5.91 Å². The van der Waals surface area contributed by atoms with Crippen LogP contribution >= 0.6 is 0 Å². The van der Waals surface area contributed by atoms with Crippen LogP contribution in [0.3, 0.4) is 0 Å². The first-order valence-corrected chi connectivity index (χ1v) is 8.90. The second kappa shape index (κ2) is 7.78. The van der Waals surface area contributed by atoms with E-state index in [4.69, 9.17) is 10.5 Å². The van der Waals surface area contributed by atoms with Crippen molar-refractivity contribution in [1.29, 1.82) is 0 Å². The molecule has 7 nitrogen and oxygen atoms in total. The van der Waals surface area contributed by atoms with Crippen LogP contribution in [0.4, 0.5) is 14.5 Å². The number of nitrogens with zero attached hydrogens (tertiary/aromatic N) is 3. The van der Waals surface area contributed by atoms with E-state index in [1.807, 2.05) is 24.3 Å². The summed E-state index contributed by atoms with van der Waals surface area (Å²) in [6, 6.07) is 13.2. The van der Waals surface area contributed by atoms with E-state index in [0.717, 1.165) is 17.2 Å². The minimum atomic E-state index is -0.784. The predicted molar refractivity (Wildman–Crippen MR) is 106 cm³/mol. The summed E-state index contributed by atoms with van der Waals surface area (Å²) in [4.78, 5) is 15.5. The first-order valence-electron chi connectivity index (χ1n) is 8.90. The first-order chi connectivity index (χ1) is 14.5. The largest absolute Gasteiger partial charge is 0.491 e. The number of fused-ring (bicyclic) bond motifs is 1. The van der Waals surface area contributed by atoms with Gasteiger partial charge in [0.05, 0.1) is 24.1 Å².